The van der Waals surface area contributed by atoms with E-state index in [2.05, 4.69) is 45.0 Å². The molecule has 4 rings (SSSR count). The van der Waals surface area contributed by atoms with Crippen LogP contribution < -0.4 is 4.74 Å². The molecule has 0 radical (unpaired) electrons. The zero-order valence-corrected chi connectivity index (χ0v) is 14.4. The van der Waals surface area contributed by atoms with Crippen LogP contribution in [0.25, 0.3) is 0 Å². The van der Waals surface area contributed by atoms with Gasteiger partial charge in [-0.1, -0.05) is 42.5 Å². The van der Waals surface area contributed by atoms with Crippen molar-refractivity contribution in [2.24, 2.45) is 5.92 Å². The summed E-state index contributed by atoms with van der Waals surface area (Å²) in [7, 11) is 0. The van der Waals surface area contributed by atoms with Gasteiger partial charge in [-0.3, -0.25) is 0 Å². The van der Waals surface area contributed by atoms with Crippen LogP contribution in [-0.4, -0.2) is 16.8 Å². The maximum Gasteiger partial charge on any atom is 0.167 e. The topological polar surface area (TPSA) is 38.7 Å². The van der Waals surface area contributed by atoms with Crippen molar-refractivity contribution in [1.29, 1.82) is 0 Å². The van der Waals surface area contributed by atoms with Gasteiger partial charge in [-0.05, 0) is 38.8 Å². The van der Waals surface area contributed by atoms with Gasteiger partial charge in [0, 0.05) is 17.4 Å². The van der Waals surface area contributed by atoms with Crippen molar-refractivity contribution in [3.05, 3.63) is 59.7 Å². The van der Waals surface area contributed by atoms with Crippen LogP contribution in [0, 0.1) is 5.92 Å². The average molecular weight is 324 g/mol. The Bertz CT molecular complexity index is 738. The van der Waals surface area contributed by atoms with Crippen molar-refractivity contribution < 1.29 is 14.6 Å². The number of para-hydroxylation sites is 1. The van der Waals surface area contributed by atoms with E-state index in [9.17, 15) is 5.11 Å². The standard InChI is InChI=1S/C21H24O3/c1-13-16(14-8-5-4-6-9-14)12-17-19(23-13)15-10-7-11-18(22)20(15)24-21(17,2)3/h4-11,13,16-17,19,22H,12H2,1-3H3/t13-,16+,17-,19+/m0/s1. The van der Waals surface area contributed by atoms with E-state index in [4.69, 9.17) is 9.47 Å². The minimum atomic E-state index is -0.385. The predicted molar refractivity (Wildman–Crippen MR) is 93.4 cm³/mol. The highest BCUT2D eigenvalue weighted by molar-refractivity contribution is 5.49. The number of fused-ring (bicyclic) bond motifs is 3. The van der Waals surface area contributed by atoms with Gasteiger partial charge in [0.15, 0.2) is 11.5 Å². The quantitative estimate of drug-likeness (QED) is 0.818. The molecule has 2 aromatic carbocycles. The summed E-state index contributed by atoms with van der Waals surface area (Å²) in [5.41, 5.74) is 1.91. The third kappa shape index (κ3) is 2.39. The minimum Gasteiger partial charge on any atom is -0.504 e. The van der Waals surface area contributed by atoms with E-state index in [1.807, 2.05) is 18.2 Å². The zero-order valence-electron chi connectivity index (χ0n) is 14.4. The molecule has 1 saturated heterocycles. The summed E-state index contributed by atoms with van der Waals surface area (Å²) in [4.78, 5) is 0. The molecule has 2 heterocycles. The third-order valence-electron chi connectivity index (χ3n) is 5.62. The summed E-state index contributed by atoms with van der Waals surface area (Å²) in [5, 5.41) is 10.2. The number of rotatable bonds is 1. The first-order valence-electron chi connectivity index (χ1n) is 8.68. The molecule has 0 saturated carbocycles. The summed E-state index contributed by atoms with van der Waals surface area (Å²) in [6, 6.07) is 16.1. The first-order valence-corrected chi connectivity index (χ1v) is 8.68. The summed E-state index contributed by atoms with van der Waals surface area (Å²) >= 11 is 0. The van der Waals surface area contributed by atoms with E-state index in [0.29, 0.717) is 11.7 Å². The Morgan fingerprint density at radius 1 is 1.04 bits per heavy atom. The van der Waals surface area contributed by atoms with E-state index in [0.717, 1.165) is 12.0 Å². The molecule has 0 bridgehead atoms. The fraction of sp³-hybridized carbons (Fsp3) is 0.429. The second-order valence-corrected chi connectivity index (χ2v) is 7.52. The smallest absolute Gasteiger partial charge is 0.167 e. The summed E-state index contributed by atoms with van der Waals surface area (Å²) < 4.78 is 12.7. The molecule has 4 atom stereocenters. The number of aromatic hydroxyl groups is 1. The minimum absolute atomic E-state index is 0.0363. The van der Waals surface area contributed by atoms with E-state index >= 15 is 0 Å². The zero-order chi connectivity index (χ0) is 16.9. The molecular weight excluding hydrogens is 300 g/mol. The monoisotopic (exact) mass is 324 g/mol. The first kappa shape index (κ1) is 15.5. The van der Waals surface area contributed by atoms with Crippen molar-refractivity contribution in [3.63, 3.8) is 0 Å². The fourth-order valence-corrected chi connectivity index (χ4v) is 4.27. The van der Waals surface area contributed by atoms with Gasteiger partial charge in [0.25, 0.3) is 0 Å². The van der Waals surface area contributed by atoms with Gasteiger partial charge >= 0.3 is 0 Å². The molecule has 3 nitrogen and oxygen atoms in total. The molecule has 0 unspecified atom stereocenters. The van der Waals surface area contributed by atoms with Crippen molar-refractivity contribution in [2.45, 2.75) is 50.9 Å². The second kappa shape index (κ2) is 5.52. The summed E-state index contributed by atoms with van der Waals surface area (Å²) in [6.07, 6.45) is 1.10. The lowest BCUT2D eigenvalue weighted by Crippen LogP contribution is -2.50. The van der Waals surface area contributed by atoms with Gasteiger partial charge in [-0.25, -0.2) is 0 Å². The van der Waals surface area contributed by atoms with Crippen molar-refractivity contribution in [1.82, 2.24) is 0 Å². The third-order valence-corrected chi connectivity index (χ3v) is 5.62. The molecule has 0 amide bonds. The van der Waals surface area contributed by atoms with Crippen LogP contribution in [0.2, 0.25) is 0 Å². The van der Waals surface area contributed by atoms with Crippen molar-refractivity contribution in [2.75, 3.05) is 0 Å². The Labute approximate surface area is 143 Å². The number of ether oxygens (including phenoxy) is 2. The number of phenols is 1. The van der Waals surface area contributed by atoms with E-state index in [-0.39, 0.29) is 29.5 Å². The second-order valence-electron chi connectivity index (χ2n) is 7.52. The Balaban J connectivity index is 1.74. The van der Waals surface area contributed by atoms with Crippen LogP contribution in [0.4, 0.5) is 0 Å². The molecule has 1 N–H and O–H groups in total. The highest BCUT2D eigenvalue weighted by atomic mass is 16.5. The summed E-state index contributed by atoms with van der Waals surface area (Å²) in [6.45, 7) is 6.35. The molecule has 0 spiro atoms. The number of hydrogen-bond donors (Lipinski definition) is 1. The Morgan fingerprint density at radius 2 is 1.79 bits per heavy atom. The average Bonchev–Trinajstić information content (AvgIpc) is 2.56. The largest absolute Gasteiger partial charge is 0.504 e. The van der Waals surface area contributed by atoms with Crippen molar-refractivity contribution in [3.8, 4) is 11.5 Å². The Morgan fingerprint density at radius 3 is 2.54 bits per heavy atom. The van der Waals surface area contributed by atoms with Crippen LogP contribution in [0.15, 0.2) is 48.5 Å². The van der Waals surface area contributed by atoms with Crippen LogP contribution in [0.1, 0.15) is 50.3 Å². The highest BCUT2D eigenvalue weighted by Crippen LogP contribution is 2.55. The highest BCUT2D eigenvalue weighted by Gasteiger charge is 2.50. The van der Waals surface area contributed by atoms with Gasteiger partial charge in [0.1, 0.15) is 5.60 Å². The Kier molecular flexibility index (Phi) is 3.57. The molecule has 2 aliphatic heterocycles. The van der Waals surface area contributed by atoms with E-state index in [1.54, 1.807) is 6.07 Å². The van der Waals surface area contributed by atoms with Gasteiger partial charge in [0.05, 0.1) is 12.2 Å². The maximum absolute atomic E-state index is 10.2. The normalized spacial score (nSPS) is 30.8. The van der Waals surface area contributed by atoms with Gasteiger partial charge in [-0.15, -0.1) is 0 Å². The van der Waals surface area contributed by atoms with Crippen LogP contribution in [0.3, 0.4) is 0 Å². The maximum atomic E-state index is 10.2. The molecule has 0 aliphatic carbocycles. The van der Waals surface area contributed by atoms with Crippen LogP contribution in [0.5, 0.6) is 11.5 Å². The SMILES string of the molecule is C[C@@H]1O[C@@H]2c3cccc(O)c3OC(C)(C)[C@H]2C[C@H]1c1ccccc1. The lowest BCUT2D eigenvalue weighted by molar-refractivity contribution is -0.153. The van der Waals surface area contributed by atoms with Gasteiger partial charge < -0.3 is 14.6 Å². The Hall–Kier alpha value is -2.00. The van der Waals surface area contributed by atoms with E-state index < -0.39 is 0 Å². The van der Waals surface area contributed by atoms with Crippen molar-refractivity contribution >= 4 is 0 Å². The fourth-order valence-electron chi connectivity index (χ4n) is 4.27. The molecule has 126 valence electrons. The number of hydrogen-bond acceptors (Lipinski definition) is 3. The molecule has 24 heavy (non-hydrogen) atoms. The summed E-state index contributed by atoms with van der Waals surface area (Å²) in [5.74, 6) is 1.37. The van der Waals surface area contributed by atoms with Crippen LogP contribution >= 0.6 is 0 Å². The number of benzene rings is 2. The first-order chi connectivity index (χ1) is 11.5. The molecular formula is C21H24O3. The van der Waals surface area contributed by atoms with E-state index in [1.165, 1.54) is 5.56 Å². The molecule has 3 heteroatoms. The van der Waals surface area contributed by atoms with Crippen LogP contribution in [-0.2, 0) is 4.74 Å². The van der Waals surface area contributed by atoms with Gasteiger partial charge in [0.2, 0.25) is 0 Å². The predicted octanol–water partition coefficient (Wildman–Crippen LogP) is 4.81. The molecule has 2 aromatic rings. The molecule has 2 aliphatic rings. The lowest BCUT2D eigenvalue weighted by atomic mass is 9.70. The number of phenolic OH excluding ortho intramolecular Hbond substituents is 1. The molecule has 1 fully saturated rings. The molecule has 0 aromatic heterocycles. The lowest BCUT2D eigenvalue weighted by Gasteiger charge is -2.50. The van der Waals surface area contributed by atoms with Gasteiger partial charge in [-0.2, -0.15) is 0 Å².